The Bertz CT molecular complexity index is 135. The minimum atomic E-state index is -0.347. The third kappa shape index (κ3) is 4.96. The molecular formula is C9H19NO. The minimum Gasteiger partial charge on any atom is -0.325 e. The molecule has 0 heterocycles. The van der Waals surface area contributed by atoms with Gasteiger partial charge in [0.25, 0.3) is 0 Å². The first-order chi connectivity index (χ1) is 4.87. The first kappa shape index (κ1) is 10.6. The van der Waals surface area contributed by atoms with Crippen LogP contribution >= 0.6 is 0 Å². The molecule has 11 heavy (non-hydrogen) atoms. The second-order valence-corrected chi connectivity index (χ2v) is 3.94. The van der Waals surface area contributed by atoms with Crippen molar-refractivity contribution < 1.29 is 4.79 Å². The van der Waals surface area contributed by atoms with Crippen molar-refractivity contribution in [1.29, 1.82) is 0 Å². The highest BCUT2D eigenvalue weighted by Gasteiger charge is 2.19. The lowest BCUT2D eigenvalue weighted by Gasteiger charge is -2.19. The fourth-order valence-electron chi connectivity index (χ4n) is 0.851. The number of carbonyl (C=O) groups is 1. The molecule has 0 rings (SSSR count). The van der Waals surface area contributed by atoms with Crippen LogP contribution in [0.15, 0.2) is 0 Å². The van der Waals surface area contributed by atoms with Crippen molar-refractivity contribution in [1.82, 2.24) is 0 Å². The molecule has 0 bridgehead atoms. The van der Waals surface area contributed by atoms with Crippen molar-refractivity contribution in [2.45, 2.75) is 46.1 Å². The Morgan fingerprint density at radius 1 is 1.55 bits per heavy atom. The maximum absolute atomic E-state index is 11.3. The molecule has 1 atom stereocenters. The van der Waals surface area contributed by atoms with Gasteiger partial charge in [0.1, 0.15) is 5.78 Å². The Balaban J connectivity index is 3.88. The Labute approximate surface area is 69.2 Å². The summed E-state index contributed by atoms with van der Waals surface area (Å²) in [5.74, 6) is 0.442. The van der Waals surface area contributed by atoms with Gasteiger partial charge in [-0.25, -0.2) is 0 Å². The molecule has 0 aromatic rings. The summed E-state index contributed by atoms with van der Waals surface area (Å²) in [5, 5.41) is 0. The van der Waals surface area contributed by atoms with E-state index in [1.807, 2.05) is 27.7 Å². The number of ketones is 1. The van der Waals surface area contributed by atoms with Gasteiger partial charge in [-0.1, -0.05) is 13.8 Å². The van der Waals surface area contributed by atoms with Crippen molar-refractivity contribution in [3.05, 3.63) is 0 Å². The summed E-state index contributed by atoms with van der Waals surface area (Å²) in [6.07, 6.45) is 1.40. The van der Waals surface area contributed by atoms with Gasteiger partial charge in [0.2, 0.25) is 0 Å². The fourth-order valence-corrected chi connectivity index (χ4v) is 0.851. The van der Waals surface area contributed by atoms with Crippen LogP contribution in [0, 0.1) is 5.92 Å². The Morgan fingerprint density at radius 2 is 2.00 bits per heavy atom. The molecule has 0 fully saturated rings. The van der Waals surface area contributed by atoms with E-state index in [4.69, 9.17) is 5.73 Å². The second kappa shape index (κ2) is 3.86. The van der Waals surface area contributed by atoms with Crippen LogP contribution in [0.4, 0.5) is 0 Å². The lowest BCUT2D eigenvalue weighted by molar-refractivity contribution is -0.123. The van der Waals surface area contributed by atoms with Gasteiger partial charge in [-0.3, -0.25) is 4.79 Å². The van der Waals surface area contributed by atoms with Gasteiger partial charge in [-0.2, -0.15) is 0 Å². The van der Waals surface area contributed by atoms with Crippen molar-refractivity contribution in [2.75, 3.05) is 0 Å². The highest BCUT2D eigenvalue weighted by Crippen LogP contribution is 2.11. The number of Topliss-reactive ketones (excluding diaryl/α,β-unsaturated/α-hetero) is 1. The topological polar surface area (TPSA) is 43.1 Å². The molecule has 0 radical (unpaired) electrons. The van der Waals surface area contributed by atoms with E-state index in [0.29, 0.717) is 6.42 Å². The minimum absolute atomic E-state index is 0.165. The SMILES string of the molecule is CCC(C)C(=O)CC(C)(C)N. The van der Waals surface area contributed by atoms with Gasteiger partial charge >= 0.3 is 0 Å². The quantitative estimate of drug-likeness (QED) is 0.675. The Morgan fingerprint density at radius 3 is 2.27 bits per heavy atom. The van der Waals surface area contributed by atoms with E-state index < -0.39 is 0 Å². The van der Waals surface area contributed by atoms with Gasteiger partial charge in [0.15, 0.2) is 0 Å². The molecule has 2 N–H and O–H groups in total. The Kier molecular flexibility index (Phi) is 3.73. The zero-order valence-electron chi connectivity index (χ0n) is 7.98. The van der Waals surface area contributed by atoms with Crippen molar-refractivity contribution in [2.24, 2.45) is 11.7 Å². The van der Waals surface area contributed by atoms with Gasteiger partial charge < -0.3 is 5.73 Å². The van der Waals surface area contributed by atoms with Crippen LogP contribution in [0.1, 0.15) is 40.5 Å². The van der Waals surface area contributed by atoms with Crippen LogP contribution in [0.25, 0.3) is 0 Å². The normalized spacial score (nSPS) is 14.6. The summed E-state index contributed by atoms with van der Waals surface area (Å²) < 4.78 is 0. The molecule has 0 amide bonds. The molecule has 0 aromatic heterocycles. The molecule has 0 aliphatic heterocycles. The predicted molar refractivity (Wildman–Crippen MR) is 47.3 cm³/mol. The maximum atomic E-state index is 11.3. The zero-order valence-corrected chi connectivity index (χ0v) is 7.98. The average Bonchev–Trinajstić information content (AvgIpc) is 1.82. The number of carbonyl (C=O) groups excluding carboxylic acids is 1. The molecule has 0 saturated carbocycles. The van der Waals surface area contributed by atoms with Crippen molar-refractivity contribution in [3.8, 4) is 0 Å². The molecular weight excluding hydrogens is 138 g/mol. The molecule has 0 aliphatic rings. The molecule has 1 unspecified atom stereocenters. The van der Waals surface area contributed by atoms with Crippen molar-refractivity contribution in [3.63, 3.8) is 0 Å². The van der Waals surface area contributed by atoms with E-state index in [1.165, 1.54) is 0 Å². The number of hydrogen-bond donors (Lipinski definition) is 1. The zero-order chi connectivity index (χ0) is 9.07. The molecule has 0 spiro atoms. The van der Waals surface area contributed by atoms with Crippen LogP contribution in [0.3, 0.4) is 0 Å². The average molecular weight is 157 g/mol. The third-order valence-corrected chi connectivity index (χ3v) is 1.79. The number of rotatable bonds is 4. The van der Waals surface area contributed by atoms with Crippen LogP contribution < -0.4 is 5.73 Å². The summed E-state index contributed by atoms with van der Waals surface area (Å²) >= 11 is 0. The molecule has 66 valence electrons. The monoisotopic (exact) mass is 157 g/mol. The van der Waals surface area contributed by atoms with Gasteiger partial charge in [0, 0.05) is 17.9 Å². The first-order valence-electron chi connectivity index (χ1n) is 4.18. The van der Waals surface area contributed by atoms with E-state index in [1.54, 1.807) is 0 Å². The second-order valence-electron chi connectivity index (χ2n) is 3.94. The first-order valence-corrected chi connectivity index (χ1v) is 4.18. The standard InChI is InChI=1S/C9H19NO/c1-5-7(2)8(11)6-9(3,4)10/h7H,5-6,10H2,1-4H3. The lowest BCUT2D eigenvalue weighted by Crippen LogP contribution is -2.36. The molecule has 0 aliphatic carbocycles. The van der Waals surface area contributed by atoms with Crippen LogP contribution in [-0.2, 0) is 4.79 Å². The predicted octanol–water partition coefficient (Wildman–Crippen LogP) is 1.73. The summed E-state index contributed by atoms with van der Waals surface area (Å²) in [4.78, 5) is 11.3. The van der Waals surface area contributed by atoms with Crippen molar-refractivity contribution >= 4 is 5.78 Å². The number of hydrogen-bond acceptors (Lipinski definition) is 2. The molecule has 0 aromatic carbocycles. The third-order valence-electron chi connectivity index (χ3n) is 1.79. The van der Waals surface area contributed by atoms with Gasteiger partial charge in [-0.05, 0) is 20.3 Å². The van der Waals surface area contributed by atoms with Crippen LogP contribution in [-0.4, -0.2) is 11.3 Å². The lowest BCUT2D eigenvalue weighted by atomic mass is 9.92. The fraction of sp³-hybridized carbons (Fsp3) is 0.889. The molecule has 2 nitrogen and oxygen atoms in total. The summed E-state index contributed by atoms with van der Waals surface area (Å²) in [6, 6.07) is 0. The van der Waals surface area contributed by atoms with Gasteiger partial charge in [-0.15, -0.1) is 0 Å². The van der Waals surface area contributed by atoms with E-state index >= 15 is 0 Å². The summed E-state index contributed by atoms with van der Waals surface area (Å²) in [5.41, 5.74) is 5.36. The van der Waals surface area contributed by atoms with Crippen LogP contribution in [0.5, 0.6) is 0 Å². The Hall–Kier alpha value is -0.370. The maximum Gasteiger partial charge on any atom is 0.137 e. The largest absolute Gasteiger partial charge is 0.325 e. The van der Waals surface area contributed by atoms with E-state index in [-0.39, 0.29) is 17.2 Å². The highest BCUT2D eigenvalue weighted by molar-refractivity contribution is 5.81. The number of nitrogens with two attached hydrogens (primary N) is 1. The highest BCUT2D eigenvalue weighted by atomic mass is 16.1. The summed E-state index contributed by atoms with van der Waals surface area (Å²) in [6.45, 7) is 7.74. The van der Waals surface area contributed by atoms with E-state index in [0.717, 1.165) is 6.42 Å². The smallest absolute Gasteiger partial charge is 0.137 e. The van der Waals surface area contributed by atoms with E-state index in [9.17, 15) is 4.79 Å². The van der Waals surface area contributed by atoms with Gasteiger partial charge in [0.05, 0.1) is 0 Å². The molecule has 2 heteroatoms. The summed E-state index contributed by atoms with van der Waals surface area (Å²) in [7, 11) is 0. The van der Waals surface area contributed by atoms with E-state index in [2.05, 4.69) is 0 Å². The molecule has 0 saturated heterocycles. The van der Waals surface area contributed by atoms with Crippen LogP contribution in [0.2, 0.25) is 0 Å².